The zero-order valence-corrected chi connectivity index (χ0v) is 24.3. The third-order valence-corrected chi connectivity index (χ3v) is 8.27. The standard InChI is InChI=1S/C41H33N/c1-28-23-29(2)41(30(3)24-28)35-20-22-40-34(26-35)18-17-33-25-32(19-21-39(33)40)31-11-10-16-38(27-31)42(36-12-6-4-7-13-36)37-14-8-5-9-15-37/h4-27H,1-3H3. The summed E-state index contributed by atoms with van der Waals surface area (Å²) in [6.07, 6.45) is 0. The molecule has 7 aromatic carbocycles. The maximum atomic E-state index is 2.35. The highest BCUT2D eigenvalue weighted by Crippen LogP contribution is 2.38. The predicted molar refractivity (Wildman–Crippen MR) is 181 cm³/mol. The van der Waals surface area contributed by atoms with Gasteiger partial charge in [-0.3, -0.25) is 0 Å². The molecule has 0 aliphatic rings. The van der Waals surface area contributed by atoms with Crippen molar-refractivity contribution in [3.8, 4) is 22.3 Å². The van der Waals surface area contributed by atoms with Gasteiger partial charge in [-0.15, -0.1) is 0 Å². The molecule has 0 saturated carbocycles. The summed E-state index contributed by atoms with van der Waals surface area (Å²) in [5.74, 6) is 0. The van der Waals surface area contributed by atoms with Crippen LogP contribution in [-0.2, 0) is 0 Å². The van der Waals surface area contributed by atoms with Crippen molar-refractivity contribution in [1.82, 2.24) is 0 Å². The molecule has 0 fully saturated rings. The Bertz CT molecular complexity index is 1990. The number of anilines is 3. The van der Waals surface area contributed by atoms with Gasteiger partial charge in [0.1, 0.15) is 0 Å². The topological polar surface area (TPSA) is 3.24 Å². The molecule has 0 N–H and O–H groups in total. The largest absolute Gasteiger partial charge is 0.310 e. The number of fused-ring (bicyclic) bond motifs is 3. The second-order valence-electron chi connectivity index (χ2n) is 11.3. The quantitative estimate of drug-likeness (QED) is 0.197. The third-order valence-electron chi connectivity index (χ3n) is 8.27. The van der Waals surface area contributed by atoms with Crippen molar-refractivity contribution < 1.29 is 0 Å². The predicted octanol–water partition coefficient (Wildman–Crippen LogP) is 11.7. The number of hydrogen-bond donors (Lipinski definition) is 0. The summed E-state index contributed by atoms with van der Waals surface area (Å²) in [6.45, 7) is 6.61. The summed E-state index contributed by atoms with van der Waals surface area (Å²) in [5, 5.41) is 5.10. The van der Waals surface area contributed by atoms with Crippen LogP contribution in [-0.4, -0.2) is 0 Å². The van der Waals surface area contributed by atoms with Gasteiger partial charge in [0.25, 0.3) is 0 Å². The fourth-order valence-electron chi connectivity index (χ4n) is 6.47. The van der Waals surface area contributed by atoms with Crippen LogP contribution in [0.5, 0.6) is 0 Å². The van der Waals surface area contributed by atoms with Gasteiger partial charge >= 0.3 is 0 Å². The lowest BCUT2D eigenvalue weighted by Gasteiger charge is -2.26. The molecule has 0 heterocycles. The number of hydrogen-bond acceptors (Lipinski definition) is 1. The van der Waals surface area contributed by atoms with E-state index in [1.54, 1.807) is 0 Å². The monoisotopic (exact) mass is 539 g/mol. The Balaban J connectivity index is 1.28. The minimum Gasteiger partial charge on any atom is -0.310 e. The van der Waals surface area contributed by atoms with Gasteiger partial charge in [-0.05, 0) is 124 Å². The average molecular weight is 540 g/mol. The van der Waals surface area contributed by atoms with E-state index in [0.29, 0.717) is 0 Å². The van der Waals surface area contributed by atoms with Crippen molar-refractivity contribution in [1.29, 1.82) is 0 Å². The van der Waals surface area contributed by atoms with E-state index in [9.17, 15) is 0 Å². The summed E-state index contributed by atoms with van der Waals surface area (Å²) < 4.78 is 0. The van der Waals surface area contributed by atoms with Crippen LogP contribution in [0, 0.1) is 20.8 Å². The van der Waals surface area contributed by atoms with E-state index >= 15 is 0 Å². The van der Waals surface area contributed by atoms with Crippen molar-refractivity contribution in [2.75, 3.05) is 4.90 Å². The van der Waals surface area contributed by atoms with Crippen molar-refractivity contribution in [2.45, 2.75) is 20.8 Å². The Morgan fingerprint density at radius 1 is 0.381 bits per heavy atom. The van der Waals surface area contributed by atoms with Crippen LogP contribution < -0.4 is 4.90 Å². The van der Waals surface area contributed by atoms with Crippen LogP contribution in [0.4, 0.5) is 17.1 Å². The molecule has 0 saturated heterocycles. The van der Waals surface area contributed by atoms with E-state index in [2.05, 4.69) is 171 Å². The van der Waals surface area contributed by atoms with Gasteiger partial charge in [0.15, 0.2) is 0 Å². The zero-order chi connectivity index (χ0) is 28.6. The lowest BCUT2D eigenvalue weighted by molar-refractivity contribution is 1.28. The lowest BCUT2D eigenvalue weighted by atomic mass is 9.91. The molecule has 0 atom stereocenters. The van der Waals surface area contributed by atoms with E-state index in [1.165, 1.54) is 60.5 Å². The molecule has 7 aromatic rings. The first-order valence-electron chi connectivity index (χ1n) is 14.6. The van der Waals surface area contributed by atoms with Crippen LogP contribution in [0.3, 0.4) is 0 Å². The molecule has 0 bridgehead atoms. The molecule has 0 unspecified atom stereocenters. The molecule has 0 spiro atoms. The van der Waals surface area contributed by atoms with Crippen LogP contribution >= 0.6 is 0 Å². The van der Waals surface area contributed by atoms with Gasteiger partial charge in [-0.1, -0.05) is 103 Å². The lowest BCUT2D eigenvalue weighted by Crippen LogP contribution is -2.09. The van der Waals surface area contributed by atoms with Gasteiger partial charge < -0.3 is 4.90 Å². The molecular formula is C41H33N. The first-order valence-corrected chi connectivity index (χ1v) is 14.6. The first kappa shape index (κ1) is 25.8. The fraction of sp³-hybridized carbons (Fsp3) is 0.0732. The number of nitrogens with zero attached hydrogens (tertiary/aromatic N) is 1. The summed E-state index contributed by atoms with van der Waals surface area (Å²) in [7, 11) is 0. The Morgan fingerprint density at radius 2 is 0.881 bits per heavy atom. The molecule has 0 aromatic heterocycles. The maximum Gasteiger partial charge on any atom is 0.0467 e. The average Bonchev–Trinajstić information content (AvgIpc) is 3.01. The van der Waals surface area contributed by atoms with Crippen LogP contribution in [0.25, 0.3) is 43.8 Å². The Kier molecular flexibility index (Phi) is 6.56. The molecule has 202 valence electrons. The van der Waals surface area contributed by atoms with Gasteiger partial charge in [-0.2, -0.15) is 0 Å². The van der Waals surface area contributed by atoms with Crippen molar-refractivity contribution >= 4 is 38.6 Å². The highest BCUT2D eigenvalue weighted by atomic mass is 15.1. The number of benzene rings is 7. The third kappa shape index (κ3) is 4.74. The van der Waals surface area contributed by atoms with Gasteiger partial charge in [-0.25, -0.2) is 0 Å². The minimum absolute atomic E-state index is 1.14. The Labute approximate surface area is 248 Å². The Hall–Kier alpha value is -5.14. The second kappa shape index (κ2) is 10.7. The maximum absolute atomic E-state index is 2.35. The van der Waals surface area contributed by atoms with E-state index in [-0.39, 0.29) is 0 Å². The summed E-state index contributed by atoms with van der Waals surface area (Å²) in [4.78, 5) is 2.31. The van der Waals surface area contributed by atoms with E-state index in [4.69, 9.17) is 0 Å². The fourth-order valence-corrected chi connectivity index (χ4v) is 6.47. The molecule has 42 heavy (non-hydrogen) atoms. The molecular weight excluding hydrogens is 506 g/mol. The normalized spacial score (nSPS) is 11.2. The molecule has 0 radical (unpaired) electrons. The summed E-state index contributed by atoms with van der Waals surface area (Å²) >= 11 is 0. The van der Waals surface area contributed by atoms with Crippen molar-refractivity contribution in [3.05, 3.63) is 162 Å². The summed E-state index contributed by atoms with van der Waals surface area (Å²) in [6, 6.07) is 52.9. The highest BCUT2D eigenvalue weighted by molar-refractivity contribution is 6.09. The molecule has 1 nitrogen and oxygen atoms in total. The Morgan fingerprint density at radius 3 is 1.48 bits per heavy atom. The SMILES string of the molecule is Cc1cc(C)c(-c2ccc3c(ccc4cc(-c5cccc(N(c6ccccc6)c6ccccc6)c5)ccc43)c2)c(C)c1. The molecule has 0 aliphatic heterocycles. The van der Waals surface area contributed by atoms with Gasteiger partial charge in [0, 0.05) is 17.1 Å². The van der Waals surface area contributed by atoms with E-state index in [1.807, 2.05) is 0 Å². The number of aryl methyl sites for hydroxylation is 3. The van der Waals surface area contributed by atoms with E-state index < -0.39 is 0 Å². The van der Waals surface area contributed by atoms with E-state index in [0.717, 1.165) is 17.1 Å². The molecule has 0 amide bonds. The van der Waals surface area contributed by atoms with Crippen molar-refractivity contribution in [3.63, 3.8) is 0 Å². The van der Waals surface area contributed by atoms with Crippen LogP contribution in [0.1, 0.15) is 16.7 Å². The molecule has 0 aliphatic carbocycles. The minimum atomic E-state index is 1.14. The summed E-state index contributed by atoms with van der Waals surface area (Å²) in [5.41, 5.74) is 12.4. The van der Waals surface area contributed by atoms with Crippen LogP contribution in [0.2, 0.25) is 0 Å². The first-order chi connectivity index (χ1) is 20.5. The highest BCUT2D eigenvalue weighted by Gasteiger charge is 2.14. The van der Waals surface area contributed by atoms with Gasteiger partial charge in [0.2, 0.25) is 0 Å². The van der Waals surface area contributed by atoms with Crippen LogP contribution in [0.15, 0.2) is 146 Å². The molecule has 1 heteroatoms. The van der Waals surface area contributed by atoms with Crippen molar-refractivity contribution in [2.24, 2.45) is 0 Å². The smallest absolute Gasteiger partial charge is 0.0467 e. The van der Waals surface area contributed by atoms with Gasteiger partial charge in [0.05, 0.1) is 0 Å². The number of rotatable bonds is 5. The second-order valence-corrected chi connectivity index (χ2v) is 11.3. The molecule has 7 rings (SSSR count). The zero-order valence-electron chi connectivity index (χ0n) is 24.3. The number of para-hydroxylation sites is 2.